The number of nitrogens with zero attached hydrogens (tertiary/aromatic N) is 2. The van der Waals surface area contributed by atoms with Gasteiger partial charge < -0.3 is 10.5 Å². The highest BCUT2D eigenvalue weighted by Crippen LogP contribution is 2.26. The highest BCUT2D eigenvalue weighted by atomic mass is 32.2. The zero-order valence-electron chi connectivity index (χ0n) is 17.5. The second-order valence-electron chi connectivity index (χ2n) is 7.15. The molecule has 0 unspecified atom stereocenters. The normalized spacial score (nSPS) is 11.7. The summed E-state index contributed by atoms with van der Waals surface area (Å²) in [5.41, 5.74) is 6.99. The van der Waals surface area contributed by atoms with Gasteiger partial charge in [0.25, 0.3) is 0 Å². The van der Waals surface area contributed by atoms with E-state index in [9.17, 15) is 13.2 Å². The van der Waals surface area contributed by atoms with Gasteiger partial charge in [0.1, 0.15) is 0 Å². The third kappa shape index (κ3) is 5.28. The summed E-state index contributed by atoms with van der Waals surface area (Å²) in [4.78, 5) is 16.3. The number of ether oxygens (including phenoxy) is 1. The van der Waals surface area contributed by atoms with E-state index in [0.717, 1.165) is 10.9 Å². The number of benzene rings is 2. The van der Waals surface area contributed by atoms with Crippen molar-refractivity contribution in [1.82, 2.24) is 9.29 Å². The van der Waals surface area contributed by atoms with E-state index in [1.807, 2.05) is 18.2 Å². The molecule has 0 aliphatic heterocycles. The number of nitrogens with two attached hydrogens (primary N) is 1. The van der Waals surface area contributed by atoms with Crippen molar-refractivity contribution in [3.8, 4) is 0 Å². The number of carbonyl (C=O) groups excluding carboxylic acids is 1. The van der Waals surface area contributed by atoms with E-state index in [4.69, 9.17) is 10.5 Å². The summed E-state index contributed by atoms with van der Waals surface area (Å²) in [6.07, 6.45) is 4.92. The number of sulfonamides is 1. The lowest BCUT2D eigenvalue weighted by Crippen LogP contribution is -2.34. The van der Waals surface area contributed by atoms with E-state index >= 15 is 0 Å². The third-order valence-corrected chi connectivity index (χ3v) is 7.10. The molecule has 164 valence electrons. The quantitative estimate of drug-likeness (QED) is 0.485. The highest BCUT2D eigenvalue weighted by molar-refractivity contribution is 7.89. The molecule has 2 aromatic carbocycles. The molecule has 0 aliphatic rings. The first-order chi connectivity index (χ1) is 15.0. The molecule has 8 heteroatoms. The largest absolute Gasteiger partial charge is 0.465 e. The Kier molecular flexibility index (Phi) is 7.73. The maximum atomic E-state index is 13.5. The molecule has 0 aliphatic carbocycles. The van der Waals surface area contributed by atoms with Gasteiger partial charge in [-0.15, -0.1) is 0 Å². The molecule has 3 aromatic rings. The Hall–Kier alpha value is -2.81. The van der Waals surface area contributed by atoms with Gasteiger partial charge in [0.2, 0.25) is 10.0 Å². The molecule has 0 fully saturated rings. The van der Waals surface area contributed by atoms with Gasteiger partial charge >= 0.3 is 5.97 Å². The fourth-order valence-corrected chi connectivity index (χ4v) is 5.30. The van der Waals surface area contributed by atoms with Crippen LogP contribution in [0.5, 0.6) is 0 Å². The summed E-state index contributed by atoms with van der Waals surface area (Å²) in [5, 5.41) is 1.42. The van der Waals surface area contributed by atoms with Crippen LogP contribution in [0, 0.1) is 0 Å². The smallest absolute Gasteiger partial charge is 0.338 e. The summed E-state index contributed by atoms with van der Waals surface area (Å²) in [6, 6.07) is 14.1. The van der Waals surface area contributed by atoms with Crippen LogP contribution in [-0.2, 0) is 21.2 Å². The van der Waals surface area contributed by atoms with Gasteiger partial charge in [-0.2, -0.15) is 4.31 Å². The molecule has 1 aromatic heterocycles. The maximum Gasteiger partial charge on any atom is 0.338 e. The van der Waals surface area contributed by atoms with E-state index in [0.29, 0.717) is 49.8 Å². The Morgan fingerprint density at radius 1 is 1.06 bits per heavy atom. The van der Waals surface area contributed by atoms with Gasteiger partial charge in [0.15, 0.2) is 0 Å². The zero-order valence-corrected chi connectivity index (χ0v) is 18.3. The lowest BCUT2D eigenvalue weighted by molar-refractivity contribution is 0.0599. The fourth-order valence-electron chi connectivity index (χ4n) is 3.57. The van der Waals surface area contributed by atoms with Crippen molar-refractivity contribution >= 4 is 26.8 Å². The maximum absolute atomic E-state index is 13.5. The first-order valence-electron chi connectivity index (χ1n) is 10.2. The van der Waals surface area contributed by atoms with Crippen LogP contribution in [0.3, 0.4) is 0 Å². The predicted octanol–water partition coefficient (Wildman–Crippen LogP) is 2.99. The first kappa shape index (κ1) is 22.9. The van der Waals surface area contributed by atoms with Crippen molar-refractivity contribution in [1.29, 1.82) is 0 Å². The number of aryl methyl sites for hydroxylation is 1. The third-order valence-electron chi connectivity index (χ3n) is 5.15. The molecular weight excluding hydrogens is 414 g/mol. The highest BCUT2D eigenvalue weighted by Gasteiger charge is 2.25. The second kappa shape index (κ2) is 10.5. The molecule has 0 atom stereocenters. The van der Waals surface area contributed by atoms with Gasteiger partial charge in [0.05, 0.1) is 17.6 Å². The van der Waals surface area contributed by atoms with E-state index < -0.39 is 16.0 Å². The van der Waals surface area contributed by atoms with E-state index in [-0.39, 0.29) is 4.90 Å². The van der Waals surface area contributed by atoms with Gasteiger partial charge in [-0.05, 0) is 49.6 Å². The molecule has 2 N–H and O–H groups in total. The summed E-state index contributed by atoms with van der Waals surface area (Å²) in [7, 11) is -2.38. The number of carbonyl (C=O) groups is 1. The molecule has 0 spiro atoms. The van der Waals surface area contributed by atoms with Gasteiger partial charge in [-0.1, -0.05) is 30.3 Å². The van der Waals surface area contributed by atoms with Gasteiger partial charge in [0, 0.05) is 36.3 Å². The monoisotopic (exact) mass is 441 g/mol. The van der Waals surface area contributed by atoms with Crippen molar-refractivity contribution in [2.75, 3.05) is 26.7 Å². The zero-order chi connectivity index (χ0) is 22.3. The number of fused-ring (bicyclic) bond motifs is 1. The molecule has 0 radical (unpaired) electrons. The van der Waals surface area contributed by atoms with Crippen LogP contribution in [0.4, 0.5) is 0 Å². The van der Waals surface area contributed by atoms with Crippen LogP contribution in [0.25, 0.3) is 10.8 Å². The minimum atomic E-state index is -3.73. The minimum absolute atomic E-state index is 0.263. The van der Waals surface area contributed by atoms with Crippen LogP contribution in [0.1, 0.15) is 28.8 Å². The van der Waals surface area contributed by atoms with Gasteiger partial charge in [-0.3, -0.25) is 4.98 Å². The lowest BCUT2D eigenvalue weighted by atomic mass is 10.0. The molecule has 0 saturated heterocycles. The molecule has 3 rings (SSSR count). The van der Waals surface area contributed by atoms with Crippen molar-refractivity contribution in [2.24, 2.45) is 5.73 Å². The van der Waals surface area contributed by atoms with Crippen LogP contribution in [-0.4, -0.2) is 50.4 Å². The average molecular weight is 442 g/mol. The van der Waals surface area contributed by atoms with Crippen molar-refractivity contribution in [3.63, 3.8) is 0 Å². The summed E-state index contributed by atoms with van der Waals surface area (Å²) in [5.74, 6) is -0.396. The number of aromatic nitrogens is 1. The molecular formula is C23H27N3O4S. The Bertz CT molecular complexity index is 1140. The minimum Gasteiger partial charge on any atom is -0.465 e. The first-order valence-corrected chi connectivity index (χ1v) is 11.6. The topological polar surface area (TPSA) is 103 Å². The summed E-state index contributed by atoms with van der Waals surface area (Å²) in [6.45, 7) is 1.05. The van der Waals surface area contributed by atoms with E-state index in [1.165, 1.54) is 11.4 Å². The molecule has 0 amide bonds. The number of hydrogen-bond acceptors (Lipinski definition) is 6. The Morgan fingerprint density at radius 3 is 2.61 bits per heavy atom. The van der Waals surface area contributed by atoms with Gasteiger partial charge in [-0.25, -0.2) is 13.2 Å². The Balaban J connectivity index is 1.83. The summed E-state index contributed by atoms with van der Waals surface area (Å²) >= 11 is 0. The Morgan fingerprint density at radius 2 is 1.84 bits per heavy atom. The standard InChI is InChI=1S/C23H27N3O4S/c1-30-23(27)21-10-3-2-7-18(21)9-5-15-26(16-6-13-24)31(28,29)22-11-4-8-19-17-25-14-12-20(19)22/h2-4,7-8,10-12,14,17H,5-6,9,13,15-16,24H2,1H3. The van der Waals surface area contributed by atoms with E-state index in [1.54, 1.807) is 42.7 Å². The van der Waals surface area contributed by atoms with Crippen molar-refractivity contribution in [3.05, 3.63) is 72.1 Å². The van der Waals surface area contributed by atoms with Crippen LogP contribution >= 0.6 is 0 Å². The Labute approximate surface area is 182 Å². The molecule has 7 nitrogen and oxygen atoms in total. The number of rotatable bonds is 10. The molecule has 1 heterocycles. The molecule has 0 saturated carbocycles. The molecule has 31 heavy (non-hydrogen) atoms. The number of methoxy groups -OCH3 is 1. The van der Waals surface area contributed by atoms with Crippen molar-refractivity contribution < 1.29 is 17.9 Å². The fraction of sp³-hybridized carbons (Fsp3) is 0.304. The average Bonchev–Trinajstić information content (AvgIpc) is 2.80. The van der Waals surface area contributed by atoms with Crippen LogP contribution < -0.4 is 5.73 Å². The SMILES string of the molecule is COC(=O)c1ccccc1CCCN(CCCN)S(=O)(=O)c1cccc2cnccc12. The lowest BCUT2D eigenvalue weighted by Gasteiger charge is -2.23. The van der Waals surface area contributed by atoms with Crippen LogP contribution in [0.15, 0.2) is 65.8 Å². The number of hydrogen-bond donors (Lipinski definition) is 1. The predicted molar refractivity (Wildman–Crippen MR) is 120 cm³/mol. The number of pyridine rings is 1. The molecule has 0 bridgehead atoms. The van der Waals surface area contributed by atoms with Crippen molar-refractivity contribution in [2.45, 2.75) is 24.2 Å². The van der Waals surface area contributed by atoms with E-state index in [2.05, 4.69) is 4.98 Å². The van der Waals surface area contributed by atoms with Crippen LogP contribution in [0.2, 0.25) is 0 Å². The summed E-state index contributed by atoms with van der Waals surface area (Å²) < 4.78 is 33.3. The second-order valence-corrected chi connectivity index (χ2v) is 9.06. The number of esters is 1.